The van der Waals surface area contributed by atoms with Gasteiger partial charge < -0.3 is 5.32 Å². The van der Waals surface area contributed by atoms with Crippen LogP contribution < -0.4 is 5.32 Å². The van der Waals surface area contributed by atoms with Crippen LogP contribution in [0.5, 0.6) is 0 Å². The zero-order chi connectivity index (χ0) is 13.2. The van der Waals surface area contributed by atoms with Crippen molar-refractivity contribution in [2.24, 2.45) is 0 Å². The van der Waals surface area contributed by atoms with Crippen LogP contribution in [0.25, 0.3) is 0 Å². The summed E-state index contributed by atoms with van der Waals surface area (Å²) in [5.74, 6) is -0.0757. The van der Waals surface area contributed by atoms with Gasteiger partial charge in [-0.05, 0) is 43.5 Å². The highest BCUT2D eigenvalue weighted by Gasteiger charge is 1.98. The molecular weight excluding hydrogens is 222 g/mol. The van der Waals surface area contributed by atoms with Gasteiger partial charge in [0.2, 0.25) is 5.91 Å². The Morgan fingerprint density at radius 1 is 1.17 bits per heavy atom. The third-order valence-electron chi connectivity index (χ3n) is 2.86. The van der Waals surface area contributed by atoms with Crippen LogP contribution in [0.1, 0.15) is 45.1 Å². The average molecular weight is 245 g/mol. The van der Waals surface area contributed by atoms with E-state index < -0.39 is 0 Å². The summed E-state index contributed by atoms with van der Waals surface area (Å²) in [4.78, 5) is 11.3. The molecule has 1 rings (SSSR count). The molecule has 0 saturated heterocycles. The van der Waals surface area contributed by atoms with Gasteiger partial charge in [0, 0.05) is 5.69 Å². The number of rotatable bonds is 7. The molecule has 0 atom stereocenters. The Morgan fingerprint density at radius 2 is 1.89 bits per heavy atom. The number of unbranched alkanes of at least 4 members (excludes halogenated alkanes) is 3. The Morgan fingerprint density at radius 3 is 2.50 bits per heavy atom. The Bertz CT molecular complexity index is 379. The molecule has 2 nitrogen and oxygen atoms in total. The second-order valence-electron chi connectivity index (χ2n) is 4.50. The smallest absolute Gasteiger partial charge is 0.248 e. The molecule has 0 aromatic heterocycles. The molecule has 0 radical (unpaired) electrons. The van der Waals surface area contributed by atoms with Gasteiger partial charge in [0.05, 0.1) is 0 Å². The molecule has 0 aliphatic rings. The van der Waals surface area contributed by atoms with Crippen molar-refractivity contribution in [1.82, 2.24) is 0 Å². The first-order chi connectivity index (χ1) is 8.76. The largest absolute Gasteiger partial charge is 0.323 e. The first-order valence-corrected chi connectivity index (χ1v) is 6.79. The third kappa shape index (κ3) is 5.67. The van der Waals surface area contributed by atoms with Crippen molar-refractivity contribution in [1.29, 1.82) is 0 Å². The minimum atomic E-state index is -0.0757. The number of anilines is 1. The molecule has 1 N–H and O–H groups in total. The molecule has 1 aromatic rings. The van der Waals surface area contributed by atoms with Crippen molar-refractivity contribution in [3.8, 4) is 0 Å². The molecule has 0 heterocycles. The Labute approximate surface area is 110 Å². The second-order valence-corrected chi connectivity index (χ2v) is 4.50. The van der Waals surface area contributed by atoms with Crippen molar-refractivity contribution in [2.75, 3.05) is 5.32 Å². The van der Waals surface area contributed by atoms with E-state index in [1.165, 1.54) is 37.3 Å². The lowest BCUT2D eigenvalue weighted by Crippen LogP contribution is -2.07. The van der Waals surface area contributed by atoms with Crippen LogP contribution >= 0.6 is 0 Å². The summed E-state index contributed by atoms with van der Waals surface area (Å²) in [6.45, 7) is 4.06. The van der Waals surface area contributed by atoms with Gasteiger partial charge >= 0.3 is 0 Å². The van der Waals surface area contributed by atoms with E-state index in [9.17, 15) is 4.79 Å². The fraction of sp³-hybridized carbons (Fsp3) is 0.438. The van der Waals surface area contributed by atoms with Gasteiger partial charge in [-0.25, -0.2) is 0 Å². The summed E-state index contributed by atoms with van der Waals surface area (Å²) >= 11 is 0. The highest BCUT2D eigenvalue weighted by atomic mass is 16.1. The van der Waals surface area contributed by atoms with Gasteiger partial charge in [0.1, 0.15) is 0 Å². The topological polar surface area (TPSA) is 29.1 Å². The SMILES string of the molecule is CC=CC(=O)Nc1ccc(CCCCCC)cc1. The van der Waals surface area contributed by atoms with E-state index in [1.807, 2.05) is 19.1 Å². The summed E-state index contributed by atoms with van der Waals surface area (Å²) in [6.07, 6.45) is 9.53. The molecule has 1 aromatic carbocycles. The Hall–Kier alpha value is -1.57. The van der Waals surface area contributed by atoms with Crippen LogP contribution in [-0.4, -0.2) is 5.91 Å². The van der Waals surface area contributed by atoms with Gasteiger partial charge in [-0.2, -0.15) is 0 Å². The molecule has 0 saturated carbocycles. The van der Waals surface area contributed by atoms with E-state index in [-0.39, 0.29) is 5.91 Å². The predicted molar refractivity (Wildman–Crippen MR) is 77.7 cm³/mol. The van der Waals surface area contributed by atoms with Crippen LogP contribution in [0.15, 0.2) is 36.4 Å². The van der Waals surface area contributed by atoms with Crippen molar-refractivity contribution >= 4 is 11.6 Å². The molecular formula is C16H23NO. The zero-order valence-corrected chi connectivity index (χ0v) is 11.4. The Kier molecular flexibility index (Phi) is 6.85. The molecule has 0 bridgehead atoms. The van der Waals surface area contributed by atoms with Crippen molar-refractivity contribution < 1.29 is 4.79 Å². The summed E-state index contributed by atoms with van der Waals surface area (Å²) in [5.41, 5.74) is 2.20. The number of hydrogen-bond acceptors (Lipinski definition) is 1. The first kappa shape index (κ1) is 14.5. The summed E-state index contributed by atoms with van der Waals surface area (Å²) < 4.78 is 0. The number of carbonyl (C=O) groups excluding carboxylic acids is 1. The minimum absolute atomic E-state index is 0.0757. The number of nitrogens with one attached hydrogen (secondary N) is 1. The number of allylic oxidation sites excluding steroid dienone is 1. The maximum absolute atomic E-state index is 11.3. The zero-order valence-electron chi connectivity index (χ0n) is 11.4. The molecule has 98 valence electrons. The van der Waals surface area contributed by atoms with E-state index >= 15 is 0 Å². The molecule has 2 heteroatoms. The van der Waals surface area contributed by atoms with Crippen LogP contribution in [0.2, 0.25) is 0 Å². The normalized spacial score (nSPS) is 10.8. The fourth-order valence-corrected chi connectivity index (χ4v) is 1.85. The van der Waals surface area contributed by atoms with Gasteiger partial charge in [0.25, 0.3) is 0 Å². The number of aryl methyl sites for hydroxylation is 1. The van der Waals surface area contributed by atoms with Crippen LogP contribution in [0.3, 0.4) is 0 Å². The highest BCUT2D eigenvalue weighted by molar-refractivity contribution is 5.99. The molecule has 0 unspecified atom stereocenters. The average Bonchev–Trinajstić information content (AvgIpc) is 2.37. The number of benzene rings is 1. The first-order valence-electron chi connectivity index (χ1n) is 6.79. The third-order valence-corrected chi connectivity index (χ3v) is 2.86. The van der Waals surface area contributed by atoms with Crippen LogP contribution in [0, 0.1) is 0 Å². The van der Waals surface area contributed by atoms with E-state index in [2.05, 4.69) is 24.4 Å². The number of hydrogen-bond donors (Lipinski definition) is 1. The summed E-state index contributed by atoms with van der Waals surface area (Å²) in [6, 6.07) is 8.13. The number of carbonyl (C=O) groups is 1. The lowest BCUT2D eigenvalue weighted by Gasteiger charge is -2.04. The van der Waals surface area contributed by atoms with Gasteiger partial charge in [-0.15, -0.1) is 0 Å². The van der Waals surface area contributed by atoms with Gasteiger partial charge in [-0.1, -0.05) is 44.4 Å². The van der Waals surface area contributed by atoms with E-state index in [4.69, 9.17) is 0 Å². The van der Waals surface area contributed by atoms with Gasteiger partial charge in [0.15, 0.2) is 0 Å². The van der Waals surface area contributed by atoms with Crippen molar-refractivity contribution in [2.45, 2.75) is 46.0 Å². The summed E-state index contributed by atoms with van der Waals surface area (Å²) in [7, 11) is 0. The molecule has 0 aliphatic carbocycles. The maximum Gasteiger partial charge on any atom is 0.248 e. The standard InChI is InChI=1S/C16H23NO/c1-3-5-6-7-9-14-10-12-15(13-11-14)17-16(18)8-4-2/h4,8,10-13H,3,5-7,9H2,1-2H3,(H,17,18). The van der Waals surface area contributed by atoms with Crippen LogP contribution in [0.4, 0.5) is 5.69 Å². The van der Waals surface area contributed by atoms with E-state index in [1.54, 1.807) is 6.08 Å². The van der Waals surface area contributed by atoms with Crippen LogP contribution in [-0.2, 0) is 11.2 Å². The minimum Gasteiger partial charge on any atom is -0.323 e. The molecule has 0 spiro atoms. The summed E-state index contributed by atoms with van der Waals surface area (Å²) in [5, 5.41) is 2.82. The monoisotopic (exact) mass is 245 g/mol. The number of amides is 1. The molecule has 0 fully saturated rings. The maximum atomic E-state index is 11.3. The highest BCUT2D eigenvalue weighted by Crippen LogP contribution is 2.12. The molecule has 1 amide bonds. The quantitative estimate of drug-likeness (QED) is 0.562. The Balaban J connectivity index is 2.40. The van der Waals surface area contributed by atoms with Crippen molar-refractivity contribution in [3.05, 3.63) is 42.0 Å². The lowest BCUT2D eigenvalue weighted by atomic mass is 10.1. The van der Waals surface area contributed by atoms with E-state index in [0.29, 0.717) is 0 Å². The lowest BCUT2D eigenvalue weighted by molar-refractivity contribution is -0.111. The predicted octanol–water partition coefficient (Wildman–Crippen LogP) is 4.32. The molecule has 18 heavy (non-hydrogen) atoms. The van der Waals surface area contributed by atoms with E-state index in [0.717, 1.165) is 12.1 Å². The second kappa shape index (κ2) is 8.51. The fourth-order valence-electron chi connectivity index (χ4n) is 1.85. The van der Waals surface area contributed by atoms with Gasteiger partial charge in [-0.3, -0.25) is 4.79 Å². The van der Waals surface area contributed by atoms with Crippen molar-refractivity contribution in [3.63, 3.8) is 0 Å². The molecule has 0 aliphatic heterocycles.